The van der Waals surface area contributed by atoms with Crippen molar-refractivity contribution in [1.82, 2.24) is 9.55 Å². The van der Waals surface area contributed by atoms with E-state index in [4.69, 9.17) is 0 Å². The summed E-state index contributed by atoms with van der Waals surface area (Å²) in [5.41, 5.74) is 3.36. The van der Waals surface area contributed by atoms with Gasteiger partial charge in [0.05, 0.1) is 11.0 Å². The van der Waals surface area contributed by atoms with Gasteiger partial charge in [-0.2, -0.15) is 0 Å². The van der Waals surface area contributed by atoms with E-state index in [-0.39, 0.29) is 17.5 Å². The third-order valence-electron chi connectivity index (χ3n) is 3.61. The van der Waals surface area contributed by atoms with Crippen LogP contribution in [0.4, 0.5) is 0 Å². The van der Waals surface area contributed by atoms with Crippen molar-refractivity contribution in [2.75, 3.05) is 0 Å². The highest BCUT2D eigenvalue weighted by Gasteiger charge is 2.20. The van der Waals surface area contributed by atoms with Crippen LogP contribution in [0, 0.1) is 6.92 Å². The summed E-state index contributed by atoms with van der Waals surface area (Å²) in [6.45, 7) is 6.13. The van der Waals surface area contributed by atoms with Gasteiger partial charge in [0.25, 0.3) is 0 Å². The molecule has 3 aromatic rings. The van der Waals surface area contributed by atoms with E-state index in [1.807, 2.05) is 29.7 Å². The monoisotopic (exact) mass is 282 g/mol. The predicted molar refractivity (Wildman–Crippen MR) is 83.6 cm³/mol. The molecule has 0 bridgehead atoms. The number of nitrogens with zero attached hydrogens (tertiary/aromatic N) is 2. The number of hydrogen-bond donors (Lipinski definition) is 2. The van der Waals surface area contributed by atoms with Crippen LogP contribution in [0.25, 0.3) is 22.4 Å². The van der Waals surface area contributed by atoms with Crippen LogP contribution in [-0.2, 0) is 0 Å². The lowest BCUT2D eigenvalue weighted by atomic mass is 10.1. The van der Waals surface area contributed by atoms with Gasteiger partial charge in [0.2, 0.25) is 0 Å². The predicted octanol–water partition coefficient (Wildman–Crippen LogP) is 4.00. The lowest BCUT2D eigenvalue weighted by Gasteiger charge is -2.14. The summed E-state index contributed by atoms with van der Waals surface area (Å²) < 4.78 is 2.03. The summed E-state index contributed by atoms with van der Waals surface area (Å²) in [5, 5.41) is 20.2. The van der Waals surface area contributed by atoms with Crippen LogP contribution in [-0.4, -0.2) is 19.8 Å². The zero-order valence-electron chi connectivity index (χ0n) is 12.3. The van der Waals surface area contributed by atoms with E-state index in [2.05, 4.69) is 18.8 Å². The number of aromatic nitrogens is 2. The molecule has 0 aliphatic heterocycles. The van der Waals surface area contributed by atoms with Crippen molar-refractivity contribution in [3.63, 3.8) is 0 Å². The van der Waals surface area contributed by atoms with E-state index < -0.39 is 0 Å². The first-order chi connectivity index (χ1) is 9.99. The first-order valence-electron chi connectivity index (χ1n) is 6.99. The quantitative estimate of drug-likeness (QED) is 0.746. The highest BCUT2D eigenvalue weighted by molar-refractivity contribution is 5.84. The number of fused-ring (bicyclic) bond motifs is 1. The Bertz CT molecular complexity index is 799. The molecular weight excluding hydrogens is 264 g/mol. The van der Waals surface area contributed by atoms with Gasteiger partial charge in [-0.1, -0.05) is 12.1 Å². The second-order valence-electron chi connectivity index (χ2n) is 5.56. The largest absolute Gasteiger partial charge is 0.507 e. The molecule has 0 radical (unpaired) electrons. The number of rotatable bonds is 2. The van der Waals surface area contributed by atoms with Gasteiger partial charge >= 0.3 is 0 Å². The minimum Gasteiger partial charge on any atom is -0.507 e. The van der Waals surface area contributed by atoms with Gasteiger partial charge in [0.1, 0.15) is 22.9 Å². The van der Waals surface area contributed by atoms with Crippen LogP contribution in [0.15, 0.2) is 36.4 Å². The van der Waals surface area contributed by atoms with Crippen molar-refractivity contribution in [3.05, 3.63) is 42.0 Å². The molecule has 1 aromatic heterocycles. The second kappa shape index (κ2) is 4.81. The molecule has 3 rings (SSSR count). The maximum atomic E-state index is 10.1. The molecule has 2 N–H and O–H groups in total. The average molecular weight is 282 g/mol. The van der Waals surface area contributed by atoms with Gasteiger partial charge in [-0.15, -0.1) is 0 Å². The molecular formula is C17H18N2O2. The van der Waals surface area contributed by atoms with Gasteiger partial charge in [0.15, 0.2) is 0 Å². The molecule has 4 heteroatoms. The fourth-order valence-corrected chi connectivity index (χ4v) is 2.67. The van der Waals surface area contributed by atoms with Crippen LogP contribution in [0.2, 0.25) is 0 Å². The topological polar surface area (TPSA) is 58.3 Å². The molecule has 0 unspecified atom stereocenters. The fraction of sp³-hybridized carbons (Fsp3) is 0.235. The van der Waals surface area contributed by atoms with Crippen molar-refractivity contribution in [2.24, 2.45) is 0 Å². The molecule has 0 fully saturated rings. The molecule has 0 saturated carbocycles. The number of aromatic hydroxyl groups is 2. The van der Waals surface area contributed by atoms with Crippen molar-refractivity contribution in [2.45, 2.75) is 26.8 Å². The Balaban J connectivity index is 2.39. The van der Waals surface area contributed by atoms with Crippen molar-refractivity contribution in [1.29, 1.82) is 0 Å². The maximum absolute atomic E-state index is 10.1. The molecule has 0 amide bonds. The molecule has 108 valence electrons. The number of phenols is 2. The van der Waals surface area contributed by atoms with Gasteiger partial charge < -0.3 is 14.8 Å². The summed E-state index contributed by atoms with van der Waals surface area (Å²) >= 11 is 0. The van der Waals surface area contributed by atoms with Crippen molar-refractivity contribution >= 4 is 11.0 Å². The zero-order valence-corrected chi connectivity index (χ0v) is 12.3. The Morgan fingerprint density at radius 2 is 1.71 bits per heavy atom. The van der Waals surface area contributed by atoms with E-state index in [1.165, 1.54) is 0 Å². The summed E-state index contributed by atoms with van der Waals surface area (Å²) in [6.07, 6.45) is 0. The Kier molecular flexibility index (Phi) is 3.09. The second-order valence-corrected chi connectivity index (χ2v) is 5.56. The van der Waals surface area contributed by atoms with Crippen molar-refractivity contribution in [3.8, 4) is 22.9 Å². The SMILES string of the molecule is Cc1ccc2c(c1)nc(-c1c(O)cccc1O)n2C(C)C. The number of phenolic OH excluding ortho intramolecular Hbond substituents is 2. The molecule has 21 heavy (non-hydrogen) atoms. The van der Waals surface area contributed by atoms with E-state index in [9.17, 15) is 10.2 Å². The number of hydrogen-bond acceptors (Lipinski definition) is 3. The lowest BCUT2D eigenvalue weighted by molar-refractivity contribution is 0.452. The average Bonchev–Trinajstić information content (AvgIpc) is 2.76. The number of benzene rings is 2. The number of imidazole rings is 1. The molecule has 0 atom stereocenters. The van der Waals surface area contributed by atoms with E-state index in [0.717, 1.165) is 16.6 Å². The standard InChI is InChI=1S/C17H18N2O2/c1-10(2)19-13-8-7-11(3)9-12(13)18-17(19)16-14(20)5-4-6-15(16)21/h4-10,20-21H,1-3H3. The Labute approximate surface area is 123 Å². The number of aryl methyl sites for hydroxylation is 1. The first-order valence-corrected chi connectivity index (χ1v) is 6.99. The Morgan fingerprint density at radius 3 is 2.33 bits per heavy atom. The van der Waals surface area contributed by atoms with Crippen LogP contribution in [0.1, 0.15) is 25.5 Å². The van der Waals surface area contributed by atoms with Crippen LogP contribution < -0.4 is 0 Å². The van der Waals surface area contributed by atoms with Crippen LogP contribution in [0.5, 0.6) is 11.5 Å². The normalized spacial score (nSPS) is 11.4. The van der Waals surface area contributed by atoms with E-state index in [1.54, 1.807) is 18.2 Å². The molecule has 0 aliphatic rings. The van der Waals surface area contributed by atoms with Gasteiger partial charge in [0, 0.05) is 6.04 Å². The molecule has 4 nitrogen and oxygen atoms in total. The molecule has 0 spiro atoms. The summed E-state index contributed by atoms with van der Waals surface area (Å²) in [6, 6.07) is 11.0. The molecule has 0 saturated heterocycles. The third kappa shape index (κ3) is 2.13. The highest BCUT2D eigenvalue weighted by atomic mass is 16.3. The molecule has 2 aromatic carbocycles. The summed E-state index contributed by atoms with van der Waals surface area (Å²) in [5.74, 6) is 0.647. The molecule has 1 heterocycles. The Hall–Kier alpha value is -2.49. The van der Waals surface area contributed by atoms with Crippen LogP contribution in [0.3, 0.4) is 0 Å². The Morgan fingerprint density at radius 1 is 1.05 bits per heavy atom. The minimum absolute atomic E-state index is 0.0314. The summed E-state index contributed by atoms with van der Waals surface area (Å²) in [7, 11) is 0. The molecule has 0 aliphatic carbocycles. The fourth-order valence-electron chi connectivity index (χ4n) is 2.67. The highest BCUT2D eigenvalue weighted by Crippen LogP contribution is 2.39. The third-order valence-corrected chi connectivity index (χ3v) is 3.61. The minimum atomic E-state index is 0.0314. The van der Waals surface area contributed by atoms with Crippen molar-refractivity contribution < 1.29 is 10.2 Å². The van der Waals surface area contributed by atoms with E-state index in [0.29, 0.717) is 11.4 Å². The van der Waals surface area contributed by atoms with Gasteiger partial charge in [-0.25, -0.2) is 4.98 Å². The lowest BCUT2D eigenvalue weighted by Crippen LogP contribution is -2.03. The van der Waals surface area contributed by atoms with E-state index >= 15 is 0 Å². The van der Waals surface area contributed by atoms with Gasteiger partial charge in [-0.3, -0.25) is 0 Å². The first kappa shape index (κ1) is 13.5. The smallest absolute Gasteiger partial charge is 0.148 e. The zero-order chi connectivity index (χ0) is 15.1. The van der Waals surface area contributed by atoms with Gasteiger partial charge in [-0.05, 0) is 50.6 Å². The summed E-state index contributed by atoms with van der Waals surface area (Å²) in [4.78, 5) is 4.63. The maximum Gasteiger partial charge on any atom is 0.148 e. The van der Waals surface area contributed by atoms with Crippen LogP contribution >= 0.6 is 0 Å².